The molecular formula is C15H21BFNO4. The van der Waals surface area contributed by atoms with Crippen LogP contribution in [0.15, 0.2) is 12.1 Å². The molecule has 2 fully saturated rings. The lowest BCUT2D eigenvalue weighted by Gasteiger charge is -2.30. The van der Waals surface area contributed by atoms with Crippen LogP contribution in [-0.4, -0.2) is 54.9 Å². The van der Waals surface area contributed by atoms with E-state index >= 15 is 0 Å². The van der Waals surface area contributed by atoms with Gasteiger partial charge in [0.2, 0.25) is 0 Å². The predicted molar refractivity (Wildman–Crippen MR) is 80.2 cm³/mol. The first kappa shape index (κ1) is 15.9. The van der Waals surface area contributed by atoms with Gasteiger partial charge >= 0.3 is 7.12 Å². The molecule has 1 heterocycles. The van der Waals surface area contributed by atoms with Gasteiger partial charge in [-0.3, -0.25) is 4.90 Å². The number of β-amino-alcohol motifs (C(OH)–C–C–N with tert-alkyl or cyclic N) is 2. The Morgan fingerprint density at radius 3 is 2.32 bits per heavy atom. The SMILES string of the molecule is Cc1cc(C2CC2)cc(B2OC(O)CN(C)CC(O)O2)c1F. The normalized spacial score (nSPS) is 27.6. The van der Waals surface area contributed by atoms with E-state index in [4.69, 9.17) is 9.31 Å². The molecule has 2 N–H and O–H groups in total. The summed E-state index contributed by atoms with van der Waals surface area (Å²) in [6, 6.07) is 3.58. The second-order valence-corrected chi connectivity index (χ2v) is 6.25. The quantitative estimate of drug-likeness (QED) is 0.771. The molecule has 0 spiro atoms. The molecule has 1 aliphatic heterocycles. The Morgan fingerprint density at radius 1 is 1.18 bits per heavy atom. The molecule has 1 saturated heterocycles. The van der Waals surface area contributed by atoms with Crippen molar-refractivity contribution in [2.24, 2.45) is 0 Å². The molecule has 1 saturated carbocycles. The number of hydrogen-bond acceptors (Lipinski definition) is 5. The van der Waals surface area contributed by atoms with Gasteiger partial charge in [0.15, 0.2) is 12.6 Å². The molecule has 0 bridgehead atoms. The number of benzene rings is 1. The van der Waals surface area contributed by atoms with E-state index in [1.807, 2.05) is 6.07 Å². The van der Waals surface area contributed by atoms with Crippen LogP contribution in [0.4, 0.5) is 4.39 Å². The highest BCUT2D eigenvalue weighted by Crippen LogP contribution is 2.40. The predicted octanol–water partition coefficient (Wildman–Crippen LogP) is 0.322. The number of aryl methyl sites for hydroxylation is 1. The summed E-state index contributed by atoms with van der Waals surface area (Å²) < 4.78 is 25.3. The van der Waals surface area contributed by atoms with E-state index in [-0.39, 0.29) is 18.6 Å². The van der Waals surface area contributed by atoms with Crippen LogP contribution in [0.1, 0.15) is 29.9 Å². The Bertz CT molecular complexity index is 541. The Kier molecular flexibility index (Phi) is 4.52. The zero-order valence-electron chi connectivity index (χ0n) is 12.8. The van der Waals surface area contributed by atoms with Crippen molar-refractivity contribution in [1.82, 2.24) is 4.90 Å². The Labute approximate surface area is 129 Å². The van der Waals surface area contributed by atoms with Crippen molar-refractivity contribution >= 4 is 12.6 Å². The third kappa shape index (κ3) is 3.50. The van der Waals surface area contributed by atoms with Gasteiger partial charge < -0.3 is 19.5 Å². The molecule has 120 valence electrons. The summed E-state index contributed by atoms with van der Waals surface area (Å²) in [5.41, 5.74) is 1.82. The molecule has 0 amide bonds. The third-order valence-electron chi connectivity index (χ3n) is 4.10. The van der Waals surface area contributed by atoms with Crippen molar-refractivity contribution in [1.29, 1.82) is 0 Å². The molecule has 7 heteroatoms. The smallest absolute Gasteiger partial charge is 0.380 e. The van der Waals surface area contributed by atoms with Crippen molar-refractivity contribution in [3.05, 3.63) is 29.1 Å². The number of nitrogens with zero attached hydrogens (tertiary/aromatic N) is 1. The van der Waals surface area contributed by atoms with E-state index in [1.165, 1.54) is 0 Å². The molecule has 5 nitrogen and oxygen atoms in total. The maximum Gasteiger partial charge on any atom is 0.500 e. The van der Waals surface area contributed by atoms with Crippen molar-refractivity contribution in [3.8, 4) is 0 Å². The van der Waals surface area contributed by atoms with E-state index in [9.17, 15) is 14.6 Å². The largest absolute Gasteiger partial charge is 0.500 e. The highest BCUT2D eigenvalue weighted by molar-refractivity contribution is 6.61. The molecule has 1 aliphatic carbocycles. The van der Waals surface area contributed by atoms with Gasteiger partial charge in [-0.25, -0.2) is 4.39 Å². The zero-order chi connectivity index (χ0) is 15.9. The molecule has 0 radical (unpaired) electrons. The molecule has 22 heavy (non-hydrogen) atoms. The van der Waals surface area contributed by atoms with Gasteiger partial charge in [0.25, 0.3) is 0 Å². The van der Waals surface area contributed by atoms with E-state index in [0.717, 1.165) is 18.4 Å². The zero-order valence-corrected chi connectivity index (χ0v) is 12.8. The molecule has 2 unspecified atom stereocenters. The van der Waals surface area contributed by atoms with Gasteiger partial charge in [-0.1, -0.05) is 12.1 Å². The lowest BCUT2D eigenvalue weighted by molar-refractivity contribution is -0.118. The number of aliphatic hydroxyl groups is 2. The fourth-order valence-corrected chi connectivity index (χ4v) is 2.81. The van der Waals surface area contributed by atoms with E-state index in [1.54, 1.807) is 24.9 Å². The van der Waals surface area contributed by atoms with Crippen LogP contribution in [-0.2, 0) is 9.31 Å². The standard InChI is InChI=1S/C15H21BFNO4/c1-9-5-11(10-3-4-10)6-12(15(9)17)16-21-13(19)7-18(2)8-14(20)22-16/h5-6,10,13-14,19-20H,3-4,7-8H2,1-2H3. The molecule has 1 aromatic carbocycles. The van der Waals surface area contributed by atoms with Crippen LogP contribution in [0, 0.1) is 12.7 Å². The van der Waals surface area contributed by atoms with Crippen LogP contribution in [0.3, 0.4) is 0 Å². The minimum Gasteiger partial charge on any atom is -0.380 e. The second kappa shape index (κ2) is 6.25. The van der Waals surface area contributed by atoms with E-state index in [2.05, 4.69) is 0 Å². The molecule has 0 aromatic heterocycles. The summed E-state index contributed by atoms with van der Waals surface area (Å²) in [4.78, 5) is 1.69. The molecular weight excluding hydrogens is 288 g/mol. The first-order valence-electron chi connectivity index (χ1n) is 7.59. The Hall–Kier alpha value is -0.985. The summed E-state index contributed by atoms with van der Waals surface area (Å²) in [5.74, 6) is 0.0512. The summed E-state index contributed by atoms with van der Waals surface area (Å²) in [7, 11) is 0.619. The minimum absolute atomic E-state index is 0.222. The van der Waals surface area contributed by atoms with Gasteiger partial charge in [-0.05, 0) is 43.9 Å². The van der Waals surface area contributed by atoms with Crippen molar-refractivity contribution in [3.63, 3.8) is 0 Å². The molecule has 3 rings (SSSR count). The summed E-state index contributed by atoms with van der Waals surface area (Å²) in [6.07, 6.45) is -0.00144. The number of likely N-dealkylation sites (N-methyl/N-ethyl adjacent to an activating group) is 1. The number of aliphatic hydroxyl groups excluding tert-OH is 2. The topological polar surface area (TPSA) is 62.2 Å². The van der Waals surface area contributed by atoms with Crippen molar-refractivity contribution in [2.75, 3.05) is 20.1 Å². The highest BCUT2D eigenvalue weighted by atomic mass is 19.1. The summed E-state index contributed by atoms with van der Waals surface area (Å²) in [6.45, 7) is 2.15. The van der Waals surface area contributed by atoms with Gasteiger partial charge in [0.1, 0.15) is 5.82 Å². The molecule has 2 atom stereocenters. The first-order valence-corrected chi connectivity index (χ1v) is 7.59. The van der Waals surface area contributed by atoms with E-state index in [0.29, 0.717) is 11.5 Å². The monoisotopic (exact) mass is 309 g/mol. The van der Waals surface area contributed by atoms with Crippen LogP contribution in [0.5, 0.6) is 0 Å². The van der Waals surface area contributed by atoms with Crippen LogP contribution in [0.2, 0.25) is 0 Å². The average Bonchev–Trinajstić information content (AvgIpc) is 3.23. The Balaban J connectivity index is 1.90. The van der Waals surface area contributed by atoms with Crippen LogP contribution >= 0.6 is 0 Å². The van der Waals surface area contributed by atoms with Crippen LogP contribution in [0.25, 0.3) is 0 Å². The van der Waals surface area contributed by atoms with Gasteiger partial charge in [-0.15, -0.1) is 0 Å². The molecule has 1 aromatic rings. The summed E-state index contributed by atoms with van der Waals surface area (Å²) >= 11 is 0. The molecule has 2 aliphatic rings. The minimum atomic E-state index is -1.11. The first-order chi connectivity index (χ1) is 10.4. The van der Waals surface area contributed by atoms with Crippen molar-refractivity contribution < 1.29 is 23.9 Å². The Morgan fingerprint density at radius 2 is 1.77 bits per heavy atom. The second-order valence-electron chi connectivity index (χ2n) is 6.25. The number of halogens is 1. The number of rotatable bonds is 2. The van der Waals surface area contributed by atoms with Gasteiger partial charge in [0.05, 0.1) is 0 Å². The lowest BCUT2D eigenvalue weighted by Crippen LogP contribution is -2.51. The van der Waals surface area contributed by atoms with E-state index < -0.39 is 25.5 Å². The maximum absolute atomic E-state index is 14.5. The van der Waals surface area contributed by atoms with Crippen LogP contribution < -0.4 is 5.46 Å². The van der Waals surface area contributed by atoms with Gasteiger partial charge in [0, 0.05) is 18.6 Å². The maximum atomic E-state index is 14.5. The van der Waals surface area contributed by atoms with Crippen molar-refractivity contribution in [2.45, 2.75) is 38.3 Å². The average molecular weight is 309 g/mol. The van der Waals surface area contributed by atoms with Gasteiger partial charge in [-0.2, -0.15) is 0 Å². The lowest BCUT2D eigenvalue weighted by atomic mass is 9.76. The third-order valence-corrected chi connectivity index (χ3v) is 4.10. The highest BCUT2D eigenvalue weighted by Gasteiger charge is 2.35. The number of hydrogen-bond donors (Lipinski definition) is 2. The summed E-state index contributed by atoms with van der Waals surface area (Å²) in [5, 5.41) is 19.8. The fraction of sp³-hybridized carbons (Fsp3) is 0.600. The fourth-order valence-electron chi connectivity index (χ4n) is 2.81.